The molecular weight excluding hydrogens is 462 g/mol. The number of aliphatic hydroxyl groups is 1. The van der Waals surface area contributed by atoms with Gasteiger partial charge in [-0.2, -0.15) is 0 Å². The molecule has 9 rings (SSSR count). The van der Waals surface area contributed by atoms with Gasteiger partial charge in [-0.3, -0.25) is 4.79 Å². The lowest BCUT2D eigenvalue weighted by Gasteiger charge is -2.34. The lowest BCUT2D eigenvalue weighted by atomic mass is 9.75. The van der Waals surface area contributed by atoms with Crippen molar-refractivity contribution in [1.29, 1.82) is 0 Å². The summed E-state index contributed by atoms with van der Waals surface area (Å²) >= 11 is 0. The van der Waals surface area contributed by atoms with Crippen molar-refractivity contribution < 1.29 is 24.1 Å². The topological polar surface area (TPSA) is 126 Å². The van der Waals surface area contributed by atoms with E-state index in [1.54, 1.807) is 17.6 Å². The van der Waals surface area contributed by atoms with E-state index in [-0.39, 0.29) is 36.8 Å². The van der Waals surface area contributed by atoms with Crippen molar-refractivity contribution in [3.8, 4) is 22.9 Å². The molecule has 3 saturated carbocycles. The first-order chi connectivity index (χ1) is 17.3. The summed E-state index contributed by atoms with van der Waals surface area (Å²) in [6.45, 7) is 2.12. The number of esters is 1. The lowest BCUT2D eigenvalue weighted by molar-refractivity contribution is -0.172. The zero-order chi connectivity index (χ0) is 24.6. The summed E-state index contributed by atoms with van der Waals surface area (Å²) in [4.78, 5) is 31.2. The number of nitrogens with two attached hydrogens (primary N) is 1. The molecule has 9 heteroatoms. The van der Waals surface area contributed by atoms with Crippen LogP contribution in [0.15, 0.2) is 23.0 Å². The highest BCUT2D eigenvalue weighted by molar-refractivity contribution is 5.92. The van der Waals surface area contributed by atoms with E-state index in [1.165, 1.54) is 5.56 Å². The van der Waals surface area contributed by atoms with Crippen molar-refractivity contribution in [2.45, 2.75) is 62.8 Å². The van der Waals surface area contributed by atoms with Gasteiger partial charge < -0.3 is 29.6 Å². The smallest absolute Gasteiger partial charge is 0.343 e. The number of hydrogen-bond donors (Lipinski definition) is 2. The Bertz CT molecular complexity index is 1600. The predicted molar refractivity (Wildman–Crippen MR) is 128 cm³/mol. The minimum absolute atomic E-state index is 0.108. The van der Waals surface area contributed by atoms with E-state index in [2.05, 4.69) is 0 Å². The molecule has 1 aromatic carbocycles. The van der Waals surface area contributed by atoms with Crippen molar-refractivity contribution >= 4 is 16.9 Å². The third-order valence-electron chi connectivity index (χ3n) is 9.13. The lowest BCUT2D eigenvalue weighted by Crippen LogP contribution is -2.44. The Morgan fingerprint density at radius 2 is 1.89 bits per heavy atom. The summed E-state index contributed by atoms with van der Waals surface area (Å²) in [7, 11) is 0. The molecule has 184 valence electrons. The van der Waals surface area contributed by atoms with Gasteiger partial charge >= 0.3 is 5.97 Å². The second-order valence-corrected chi connectivity index (χ2v) is 11.0. The van der Waals surface area contributed by atoms with Crippen LogP contribution in [0, 0.1) is 5.92 Å². The number of cyclic esters (lactones) is 1. The Labute approximate surface area is 205 Å². The van der Waals surface area contributed by atoms with Crippen LogP contribution in [0.5, 0.6) is 11.5 Å². The maximum absolute atomic E-state index is 13.7. The zero-order valence-electron chi connectivity index (χ0n) is 19.8. The van der Waals surface area contributed by atoms with Gasteiger partial charge in [0.05, 0.1) is 29.0 Å². The number of benzene rings is 1. The fourth-order valence-corrected chi connectivity index (χ4v) is 7.30. The molecule has 0 spiro atoms. The molecule has 5 heterocycles. The van der Waals surface area contributed by atoms with Gasteiger partial charge in [-0.25, -0.2) is 9.78 Å². The largest absolute Gasteiger partial charge is 0.458 e. The molecule has 0 amide bonds. The van der Waals surface area contributed by atoms with Crippen LogP contribution in [0.4, 0.5) is 0 Å². The van der Waals surface area contributed by atoms with Crippen LogP contribution in [-0.2, 0) is 28.3 Å². The van der Waals surface area contributed by atoms with E-state index in [4.69, 9.17) is 24.9 Å². The summed E-state index contributed by atoms with van der Waals surface area (Å²) in [6.07, 6.45) is 3.02. The summed E-state index contributed by atoms with van der Waals surface area (Å²) < 4.78 is 18.2. The highest BCUT2D eigenvalue weighted by Gasteiger charge is 2.55. The zero-order valence-corrected chi connectivity index (χ0v) is 19.8. The Hall–Kier alpha value is -3.43. The third kappa shape index (κ3) is 2.40. The molecule has 6 aliphatic rings. The second-order valence-electron chi connectivity index (χ2n) is 11.0. The number of ether oxygens (including phenoxy) is 3. The number of rotatable bonds is 2. The summed E-state index contributed by atoms with van der Waals surface area (Å²) in [5.74, 6) is 1.39. The van der Waals surface area contributed by atoms with Crippen LogP contribution in [0.3, 0.4) is 0 Å². The SMILES string of the molecule is CC[C@@]1(O)C(=O)OCc2c1cc1n(c2=O)Cc2c-1nc1cc3c(cc1c2[C@@H]1CC2(N)CC1C2)OCO3. The van der Waals surface area contributed by atoms with Crippen molar-refractivity contribution in [1.82, 2.24) is 9.55 Å². The molecule has 3 fully saturated rings. The van der Waals surface area contributed by atoms with E-state index in [1.807, 2.05) is 12.1 Å². The first-order valence-corrected chi connectivity index (χ1v) is 12.5. The monoisotopic (exact) mass is 487 g/mol. The first kappa shape index (κ1) is 20.7. The van der Waals surface area contributed by atoms with Gasteiger partial charge in [0.15, 0.2) is 17.1 Å². The third-order valence-corrected chi connectivity index (χ3v) is 9.13. The average molecular weight is 488 g/mol. The fourth-order valence-electron chi connectivity index (χ4n) is 7.30. The van der Waals surface area contributed by atoms with E-state index in [9.17, 15) is 14.7 Å². The number of hydrogen-bond acceptors (Lipinski definition) is 8. The van der Waals surface area contributed by atoms with Gasteiger partial charge in [0.25, 0.3) is 5.56 Å². The molecular formula is C27H25N3O6. The van der Waals surface area contributed by atoms with Crippen LogP contribution >= 0.6 is 0 Å². The minimum Gasteiger partial charge on any atom is -0.458 e. The minimum atomic E-state index is -1.85. The summed E-state index contributed by atoms with van der Waals surface area (Å²) in [5, 5.41) is 12.2. The van der Waals surface area contributed by atoms with Gasteiger partial charge in [0, 0.05) is 28.1 Å². The van der Waals surface area contributed by atoms with Crippen molar-refractivity contribution in [3.05, 3.63) is 50.8 Å². The van der Waals surface area contributed by atoms with Crippen LogP contribution in [0.2, 0.25) is 0 Å². The Kier molecular flexibility index (Phi) is 3.72. The van der Waals surface area contributed by atoms with E-state index >= 15 is 0 Å². The van der Waals surface area contributed by atoms with Crippen LogP contribution in [0.1, 0.15) is 60.8 Å². The molecule has 2 aromatic heterocycles. The average Bonchev–Trinajstić information content (AvgIpc) is 3.60. The molecule has 2 bridgehead atoms. The predicted octanol–water partition coefficient (Wildman–Crippen LogP) is 2.40. The maximum atomic E-state index is 13.7. The van der Waals surface area contributed by atoms with Gasteiger partial charge in [0.2, 0.25) is 6.79 Å². The van der Waals surface area contributed by atoms with Gasteiger partial charge in [-0.05, 0) is 55.2 Å². The molecule has 3 aromatic rings. The summed E-state index contributed by atoms with van der Waals surface area (Å²) in [5.41, 5.74) is 9.32. The van der Waals surface area contributed by atoms with Gasteiger partial charge in [-0.15, -0.1) is 0 Å². The molecule has 3 aliphatic heterocycles. The van der Waals surface area contributed by atoms with E-state index < -0.39 is 11.6 Å². The number of fused-ring (bicyclic) bond motifs is 7. The van der Waals surface area contributed by atoms with Gasteiger partial charge in [-0.1, -0.05) is 6.92 Å². The number of pyridine rings is 2. The van der Waals surface area contributed by atoms with E-state index in [0.29, 0.717) is 46.5 Å². The normalized spacial score (nSPS) is 30.6. The molecule has 3 N–H and O–H groups in total. The molecule has 3 aliphatic carbocycles. The first-order valence-electron chi connectivity index (χ1n) is 12.5. The standard InChI is InChI=1S/C27H25N3O6/c1-2-27(33)17-4-19-23-15(9-30(19)24(31)16(17)10-34-25(27)32)22(14-8-26(28)6-12(14)7-26)13-3-20-21(36-11-35-20)5-18(13)29-23/h3-5,12,14,33H,2,6-11,28H2,1H3/t12?,14-,26?,27+/m1/s1. The Morgan fingerprint density at radius 3 is 2.61 bits per heavy atom. The Balaban J connectivity index is 1.41. The van der Waals surface area contributed by atoms with Crippen molar-refractivity contribution in [2.75, 3.05) is 6.79 Å². The maximum Gasteiger partial charge on any atom is 0.343 e. The van der Waals surface area contributed by atoms with Crippen molar-refractivity contribution in [2.24, 2.45) is 11.7 Å². The molecule has 0 unspecified atom stereocenters. The van der Waals surface area contributed by atoms with Crippen LogP contribution < -0.4 is 20.8 Å². The molecule has 36 heavy (non-hydrogen) atoms. The number of nitrogens with zero attached hydrogens (tertiary/aromatic N) is 2. The molecule has 0 saturated heterocycles. The Morgan fingerprint density at radius 1 is 1.11 bits per heavy atom. The molecule has 9 nitrogen and oxygen atoms in total. The highest BCUT2D eigenvalue weighted by Crippen LogP contribution is 2.60. The van der Waals surface area contributed by atoms with Crippen LogP contribution in [0.25, 0.3) is 22.3 Å². The second kappa shape index (κ2) is 6.46. The number of carbonyl (C=O) groups excluding carboxylic acids is 1. The molecule has 0 radical (unpaired) electrons. The van der Waals surface area contributed by atoms with Crippen molar-refractivity contribution in [3.63, 3.8) is 0 Å². The summed E-state index contributed by atoms with van der Waals surface area (Å²) in [6, 6.07) is 5.68. The number of aromatic nitrogens is 2. The number of carbonyl (C=O) groups is 1. The van der Waals surface area contributed by atoms with Gasteiger partial charge in [0.1, 0.15) is 6.61 Å². The van der Waals surface area contributed by atoms with Crippen LogP contribution in [-0.4, -0.2) is 33.0 Å². The highest BCUT2D eigenvalue weighted by atomic mass is 16.7. The fraction of sp³-hybridized carbons (Fsp3) is 0.444. The quantitative estimate of drug-likeness (QED) is 0.413. The van der Waals surface area contributed by atoms with E-state index in [0.717, 1.165) is 35.7 Å². The molecule has 2 atom stereocenters.